The van der Waals surface area contributed by atoms with E-state index in [1.807, 2.05) is 0 Å². The lowest BCUT2D eigenvalue weighted by molar-refractivity contribution is -0.210. The fraction of sp³-hybridized carbons (Fsp3) is 0.889. The number of alkyl halides is 5. The van der Waals surface area contributed by atoms with Gasteiger partial charge in [0.15, 0.2) is 0 Å². The average molecular weight is 295 g/mol. The zero-order chi connectivity index (χ0) is 13.3. The van der Waals surface area contributed by atoms with Crippen LogP contribution < -0.4 is 0 Å². The van der Waals surface area contributed by atoms with E-state index < -0.39 is 27.8 Å². The zero-order valence-corrected chi connectivity index (χ0v) is 10.5. The molecule has 0 bridgehead atoms. The fourth-order valence-corrected chi connectivity index (χ4v) is 3.32. The molecule has 0 heterocycles. The third-order valence-electron chi connectivity index (χ3n) is 2.50. The Morgan fingerprint density at radius 3 is 2.29 bits per heavy atom. The Hall–Kier alpha value is -0.170. The zero-order valence-electron chi connectivity index (χ0n) is 8.89. The molecule has 1 fully saturated rings. The van der Waals surface area contributed by atoms with E-state index in [2.05, 4.69) is 4.74 Å². The molecule has 100 valence electrons. The molecular formula is C9H11ClF4O2S. The van der Waals surface area contributed by atoms with E-state index in [0.717, 1.165) is 7.11 Å². The molecule has 2 nitrogen and oxygen atoms in total. The molecule has 1 aliphatic rings. The summed E-state index contributed by atoms with van der Waals surface area (Å²) < 4.78 is 55.5. The molecule has 0 aromatic carbocycles. The van der Waals surface area contributed by atoms with Crippen molar-refractivity contribution in [1.82, 2.24) is 0 Å². The number of rotatable bonds is 3. The maximum Gasteiger partial charge on any atom is 0.443 e. The molecule has 0 N–H and O–H groups in total. The first-order valence-corrected chi connectivity index (χ1v) is 6.20. The highest BCUT2D eigenvalue weighted by molar-refractivity contribution is 8.02. The second-order valence-corrected chi connectivity index (χ2v) is 5.65. The summed E-state index contributed by atoms with van der Waals surface area (Å²) in [5.74, 6) is -1.94. The second-order valence-electron chi connectivity index (χ2n) is 3.69. The maximum atomic E-state index is 13.8. The van der Waals surface area contributed by atoms with Gasteiger partial charge in [0, 0.05) is 10.6 Å². The number of methoxy groups -OCH3 is 1. The van der Waals surface area contributed by atoms with Crippen LogP contribution in [0.15, 0.2) is 0 Å². The number of halogens is 5. The molecule has 0 aromatic rings. The molecule has 1 rings (SSSR count). The highest BCUT2D eigenvalue weighted by Gasteiger charge is 2.65. The van der Waals surface area contributed by atoms with Gasteiger partial charge >= 0.3 is 17.1 Å². The molecule has 0 aliphatic heterocycles. The first-order chi connectivity index (χ1) is 7.72. The number of thioether (sulfide) groups is 1. The van der Waals surface area contributed by atoms with E-state index in [1.165, 1.54) is 0 Å². The van der Waals surface area contributed by atoms with Crippen LogP contribution in [0.2, 0.25) is 0 Å². The van der Waals surface area contributed by atoms with Crippen molar-refractivity contribution in [2.24, 2.45) is 0 Å². The lowest BCUT2D eigenvalue weighted by Crippen LogP contribution is -2.47. The van der Waals surface area contributed by atoms with Gasteiger partial charge in [0.2, 0.25) is 0 Å². The fourth-order valence-electron chi connectivity index (χ4n) is 1.58. The van der Waals surface area contributed by atoms with Gasteiger partial charge in [-0.05, 0) is 12.8 Å². The van der Waals surface area contributed by atoms with Crippen LogP contribution in [0.25, 0.3) is 0 Å². The summed E-state index contributed by atoms with van der Waals surface area (Å²) in [4.78, 5) is 11.0. The van der Waals surface area contributed by atoms with Crippen molar-refractivity contribution >= 4 is 29.3 Å². The summed E-state index contributed by atoms with van der Waals surface area (Å²) in [5.41, 5.74) is 0. The van der Waals surface area contributed by atoms with E-state index in [1.54, 1.807) is 0 Å². The topological polar surface area (TPSA) is 26.3 Å². The van der Waals surface area contributed by atoms with Crippen LogP contribution in [0.1, 0.15) is 19.3 Å². The minimum Gasteiger partial charge on any atom is -0.466 e. The van der Waals surface area contributed by atoms with Crippen molar-refractivity contribution in [1.29, 1.82) is 0 Å². The van der Waals surface area contributed by atoms with Gasteiger partial charge in [-0.2, -0.15) is 13.2 Å². The predicted octanol–water partition coefficient (Wildman–Crippen LogP) is 3.28. The quantitative estimate of drug-likeness (QED) is 0.454. The minimum absolute atomic E-state index is 0.0958. The second kappa shape index (κ2) is 5.22. The number of carbonyl (C=O) groups is 1. The highest BCUT2D eigenvalue weighted by atomic mass is 35.5. The summed E-state index contributed by atoms with van der Waals surface area (Å²) >= 11 is 5.68. The lowest BCUT2D eigenvalue weighted by Gasteiger charge is -2.28. The molecule has 0 saturated heterocycles. The minimum atomic E-state index is -5.32. The van der Waals surface area contributed by atoms with Crippen molar-refractivity contribution < 1.29 is 27.1 Å². The van der Waals surface area contributed by atoms with Crippen LogP contribution >= 0.6 is 23.4 Å². The molecule has 0 aromatic heterocycles. The number of carbonyl (C=O) groups excluding carboxylic acids is 1. The van der Waals surface area contributed by atoms with Crippen molar-refractivity contribution in [2.75, 3.05) is 7.11 Å². The molecule has 0 spiro atoms. The number of hydrogen-bond acceptors (Lipinski definition) is 3. The van der Waals surface area contributed by atoms with Crippen LogP contribution in [0.4, 0.5) is 17.6 Å². The van der Waals surface area contributed by atoms with Gasteiger partial charge in [-0.15, -0.1) is 11.6 Å². The van der Waals surface area contributed by atoms with Gasteiger partial charge in [0.05, 0.1) is 7.11 Å². The highest BCUT2D eigenvalue weighted by Crippen LogP contribution is 2.49. The number of ether oxygens (including phenoxy) is 1. The Balaban J connectivity index is 2.88. The monoisotopic (exact) mass is 294 g/mol. The molecule has 3 atom stereocenters. The molecular weight excluding hydrogens is 284 g/mol. The Bertz CT molecular complexity index is 299. The predicted molar refractivity (Wildman–Crippen MR) is 56.8 cm³/mol. The normalized spacial score (nSPS) is 28.8. The molecule has 8 heteroatoms. The number of hydrogen-bond donors (Lipinski definition) is 0. The van der Waals surface area contributed by atoms with Crippen molar-refractivity contribution in [3.63, 3.8) is 0 Å². The van der Waals surface area contributed by atoms with Crippen molar-refractivity contribution in [3.8, 4) is 0 Å². The Morgan fingerprint density at radius 1 is 1.35 bits per heavy atom. The van der Waals surface area contributed by atoms with Crippen molar-refractivity contribution in [3.05, 3.63) is 0 Å². The third kappa shape index (κ3) is 2.99. The Labute approximate surface area is 105 Å². The molecule has 1 saturated carbocycles. The smallest absolute Gasteiger partial charge is 0.443 e. The number of esters is 1. The van der Waals surface area contributed by atoms with E-state index in [0.29, 0.717) is 19.3 Å². The van der Waals surface area contributed by atoms with Crippen LogP contribution in [-0.4, -0.2) is 34.9 Å². The van der Waals surface area contributed by atoms with Gasteiger partial charge in [0.25, 0.3) is 0 Å². The van der Waals surface area contributed by atoms with Gasteiger partial charge in [-0.3, -0.25) is 0 Å². The van der Waals surface area contributed by atoms with E-state index in [9.17, 15) is 22.4 Å². The van der Waals surface area contributed by atoms with Crippen LogP contribution in [-0.2, 0) is 9.53 Å². The first kappa shape index (κ1) is 14.9. The van der Waals surface area contributed by atoms with E-state index in [4.69, 9.17) is 11.6 Å². The van der Waals surface area contributed by atoms with Gasteiger partial charge in [0.1, 0.15) is 0 Å². The van der Waals surface area contributed by atoms with E-state index in [-0.39, 0.29) is 11.8 Å². The average Bonchev–Trinajstić information content (AvgIpc) is 2.61. The molecule has 1 aliphatic carbocycles. The first-order valence-electron chi connectivity index (χ1n) is 4.88. The van der Waals surface area contributed by atoms with Gasteiger partial charge < -0.3 is 4.74 Å². The lowest BCUT2D eigenvalue weighted by atomic mass is 10.3. The van der Waals surface area contributed by atoms with Gasteiger partial charge in [-0.25, -0.2) is 9.18 Å². The molecule has 0 amide bonds. The summed E-state index contributed by atoms with van der Waals surface area (Å²) in [5, 5.41) is -5.33. The Kier molecular flexibility index (Phi) is 4.57. The van der Waals surface area contributed by atoms with Gasteiger partial charge in [-0.1, -0.05) is 18.2 Å². The van der Waals surface area contributed by atoms with Crippen LogP contribution in [0.3, 0.4) is 0 Å². The standard InChI is InChI=1S/C9H11ClF4O2S/c1-16-7(15)8(11,9(12,13)14)17-6-4-2-3-5(6)10/h5-6H,2-4H2,1H3. The summed E-state index contributed by atoms with van der Waals surface area (Å²) in [6.07, 6.45) is -3.81. The largest absolute Gasteiger partial charge is 0.466 e. The van der Waals surface area contributed by atoms with Crippen molar-refractivity contribution in [2.45, 2.75) is 41.1 Å². The van der Waals surface area contributed by atoms with E-state index >= 15 is 0 Å². The summed E-state index contributed by atoms with van der Waals surface area (Å²) in [6, 6.07) is 0. The molecule has 3 unspecified atom stereocenters. The third-order valence-corrected chi connectivity index (χ3v) is 4.76. The summed E-state index contributed by atoms with van der Waals surface area (Å²) in [6.45, 7) is 0. The summed E-state index contributed by atoms with van der Waals surface area (Å²) in [7, 11) is 0.718. The van der Waals surface area contributed by atoms with Crippen LogP contribution in [0, 0.1) is 0 Å². The SMILES string of the molecule is COC(=O)C(F)(SC1CCCC1Cl)C(F)(F)F. The molecule has 0 radical (unpaired) electrons. The van der Waals surface area contributed by atoms with Crippen LogP contribution in [0.5, 0.6) is 0 Å². The maximum absolute atomic E-state index is 13.8. The Morgan fingerprint density at radius 2 is 1.94 bits per heavy atom. The molecule has 17 heavy (non-hydrogen) atoms.